The molecule has 0 saturated carbocycles. The quantitative estimate of drug-likeness (QED) is 0.919. The standard InChI is InChI=1S/C17H24N4O2S/c1-12-11-18-15(19-16(12)21(5)6)13-9-7-8-10-14(13)24(22,23)20-17(2,3)4/h7-11,20H,1-6H3. The van der Waals surface area contributed by atoms with E-state index in [-0.39, 0.29) is 4.90 Å². The molecule has 24 heavy (non-hydrogen) atoms. The van der Waals surface area contributed by atoms with Gasteiger partial charge in [0.05, 0.1) is 4.90 Å². The summed E-state index contributed by atoms with van der Waals surface area (Å²) in [5.41, 5.74) is 0.837. The summed E-state index contributed by atoms with van der Waals surface area (Å²) in [4.78, 5) is 10.9. The van der Waals surface area contributed by atoms with Crippen molar-refractivity contribution in [2.45, 2.75) is 38.1 Å². The molecule has 1 aromatic heterocycles. The highest BCUT2D eigenvalue weighted by Crippen LogP contribution is 2.27. The maximum absolute atomic E-state index is 12.8. The third-order valence-electron chi connectivity index (χ3n) is 3.23. The van der Waals surface area contributed by atoms with Gasteiger partial charge in [-0.25, -0.2) is 23.1 Å². The Kier molecular flexibility index (Phi) is 4.96. The fourth-order valence-electron chi connectivity index (χ4n) is 2.36. The molecule has 0 aliphatic carbocycles. The molecular formula is C17H24N4O2S. The Hall–Kier alpha value is -1.99. The average Bonchev–Trinajstić information content (AvgIpc) is 2.45. The van der Waals surface area contributed by atoms with Gasteiger partial charge in [0.15, 0.2) is 5.82 Å². The van der Waals surface area contributed by atoms with Crippen LogP contribution in [-0.4, -0.2) is 38.0 Å². The summed E-state index contributed by atoms with van der Waals surface area (Å²) in [6.07, 6.45) is 1.71. The predicted molar refractivity (Wildman–Crippen MR) is 96.6 cm³/mol. The molecule has 1 aromatic carbocycles. The SMILES string of the molecule is Cc1cnc(-c2ccccc2S(=O)(=O)NC(C)(C)C)nc1N(C)C. The van der Waals surface area contributed by atoms with Crippen LogP contribution in [0.5, 0.6) is 0 Å². The molecule has 2 rings (SSSR count). The summed E-state index contributed by atoms with van der Waals surface area (Å²) in [5.74, 6) is 1.15. The summed E-state index contributed by atoms with van der Waals surface area (Å²) in [5, 5.41) is 0. The molecule has 6 nitrogen and oxygen atoms in total. The van der Waals surface area contributed by atoms with Gasteiger partial charge in [-0.3, -0.25) is 0 Å². The van der Waals surface area contributed by atoms with Crippen LogP contribution in [0.25, 0.3) is 11.4 Å². The molecule has 0 amide bonds. The highest BCUT2D eigenvalue weighted by molar-refractivity contribution is 7.89. The molecule has 0 aliphatic heterocycles. The van der Waals surface area contributed by atoms with Crippen LogP contribution in [0.1, 0.15) is 26.3 Å². The predicted octanol–water partition coefficient (Wildman–Crippen LogP) is 2.59. The number of aryl methyl sites for hydroxylation is 1. The van der Waals surface area contributed by atoms with Crippen LogP contribution in [0.3, 0.4) is 0 Å². The van der Waals surface area contributed by atoms with Crippen LogP contribution < -0.4 is 9.62 Å². The number of aromatic nitrogens is 2. The number of benzene rings is 1. The zero-order chi connectivity index (χ0) is 18.1. The summed E-state index contributed by atoms with van der Waals surface area (Å²) in [6.45, 7) is 7.34. The number of nitrogens with zero attached hydrogens (tertiary/aromatic N) is 3. The Balaban J connectivity index is 2.61. The number of anilines is 1. The molecule has 0 atom stereocenters. The van der Waals surface area contributed by atoms with E-state index in [1.807, 2.05) is 25.9 Å². The second-order valence-corrected chi connectivity index (χ2v) is 8.60. The highest BCUT2D eigenvalue weighted by atomic mass is 32.2. The van der Waals surface area contributed by atoms with Crippen LogP contribution in [0.15, 0.2) is 35.4 Å². The van der Waals surface area contributed by atoms with Crippen molar-refractivity contribution in [1.29, 1.82) is 0 Å². The maximum atomic E-state index is 12.8. The van der Waals surface area contributed by atoms with E-state index in [2.05, 4.69) is 14.7 Å². The number of hydrogen-bond acceptors (Lipinski definition) is 5. The molecule has 2 aromatic rings. The molecule has 0 unspecified atom stereocenters. The first-order valence-corrected chi connectivity index (χ1v) is 9.14. The van der Waals surface area contributed by atoms with Gasteiger partial charge in [-0.15, -0.1) is 0 Å². The fourth-order valence-corrected chi connectivity index (χ4v) is 3.98. The van der Waals surface area contributed by atoms with Gasteiger partial charge in [-0.2, -0.15) is 0 Å². The average molecular weight is 348 g/mol. The molecular weight excluding hydrogens is 324 g/mol. The Morgan fingerprint density at radius 1 is 1.12 bits per heavy atom. The Bertz CT molecular complexity index is 840. The van der Waals surface area contributed by atoms with Crippen molar-refractivity contribution < 1.29 is 8.42 Å². The fraction of sp³-hybridized carbons (Fsp3) is 0.412. The molecule has 1 heterocycles. The molecule has 130 valence electrons. The normalized spacial score (nSPS) is 12.2. The number of sulfonamides is 1. The van der Waals surface area contributed by atoms with Crippen LogP contribution in [0.4, 0.5) is 5.82 Å². The van der Waals surface area contributed by atoms with E-state index in [0.717, 1.165) is 11.4 Å². The van der Waals surface area contributed by atoms with E-state index in [4.69, 9.17) is 0 Å². The van der Waals surface area contributed by atoms with Crippen molar-refractivity contribution >= 4 is 15.8 Å². The van der Waals surface area contributed by atoms with E-state index < -0.39 is 15.6 Å². The second-order valence-electron chi connectivity index (χ2n) is 6.95. The van der Waals surface area contributed by atoms with Crippen LogP contribution in [0, 0.1) is 6.92 Å². The van der Waals surface area contributed by atoms with E-state index in [9.17, 15) is 8.42 Å². The molecule has 0 bridgehead atoms. The van der Waals surface area contributed by atoms with Crippen LogP contribution in [0.2, 0.25) is 0 Å². The molecule has 0 saturated heterocycles. The maximum Gasteiger partial charge on any atom is 0.241 e. The lowest BCUT2D eigenvalue weighted by Gasteiger charge is -2.21. The number of hydrogen-bond donors (Lipinski definition) is 1. The first kappa shape index (κ1) is 18.4. The third kappa shape index (κ3) is 4.10. The van der Waals surface area contributed by atoms with E-state index >= 15 is 0 Å². The van der Waals surface area contributed by atoms with Crippen molar-refractivity contribution in [3.8, 4) is 11.4 Å². The first-order chi connectivity index (χ1) is 11.0. The van der Waals surface area contributed by atoms with Crippen LogP contribution in [-0.2, 0) is 10.0 Å². The summed E-state index contributed by atoms with van der Waals surface area (Å²) in [7, 11) is 0.1000. The smallest absolute Gasteiger partial charge is 0.241 e. The first-order valence-electron chi connectivity index (χ1n) is 7.65. The third-order valence-corrected chi connectivity index (χ3v) is 5.04. The Morgan fingerprint density at radius 3 is 2.33 bits per heavy atom. The summed E-state index contributed by atoms with van der Waals surface area (Å²) >= 11 is 0. The van der Waals surface area contributed by atoms with Gasteiger partial charge in [0.25, 0.3) is 0 Å². The van der Waals surface area contributed by atoms with E-state index in [1.165, 1.54) is 0 Å². The molecule has 1 N–H and O–H groups in total. The molecule has 0 fully saturated rings. The zero-order valence-electron chi connectivity index (χ0n) is 15.0. The van der Waals surface area contributed by atoms with Crippen molar-refractivity contribution in [2.75, 3.05) is 19.0 Å². The van der Waals surface area contributed by atoms with E-state index in [1.54, 1.807) is 51.2 Å². The van der Waals surface area contributed by atoms with Gasteiger partial charge in [0.1, 0.15) is 5.82 Å². The number of nitrogens with one attached hydrogen (secondary N) is 1. The summed E-state index contributed by atoms with van der Waals surface area (Å²) in [6, 6.07) is 6.77. The highest BCUT2D eigenvalue weighted by Gasteiger charge is 2.25. The van der Waals surface area contributed by atoms with Crippen molar-refractivity contribution in [1.82, 2.24) is 14.7 Å². The minimum atomic E-state index is -3.68. The minimum absolute atomic E-state index is 0.175. The monoisotopic (exact) mass is 348 g/mol. The van der Waals surface area contributed by atoms with E-state index in [0.29, 0.717) is 11.4 Å². The summed E-state index contributed by atoms with van der Waals surface area (Å²) < 4.78 is 28.2. The van der Waals surface area contributed by atoms with Crippen molar-refractivity contribution in [2.24, 2.45) is 0 Å². The van der Waals surface area contributed by atoms with Gasteiger partial charge in [0, 0.05) is 37.0 Å². The lowest BCUT2D eigenvalue weighted by Crippen LogP contribution is -2.40. The van der Waals surface area contributed by atoms with Gasteiger partial charge >= 0.3 is 0 Å². The molecule has 7 heteroatoms. The lowest BCUT2D eigenvalue weighted by atomic mass is 10.1. The van der Waals surface area contributed by atoms with Crippen LogP contribution >= 0.6 is 0 Å². The largest absolute Gasteiger partial charge is 0.362 e. The lowest BCUT2D eigenvalue weighted by molar-refractivity contribution is 0.491. The van der Waals surface area contributed by atoms with Crippen molar-refractivity contribution in [3.63, 3.8) is 0 Å². The topological polar surface area (TPSA) is 75.2 Å². The Morgan fingerprint density at radius 2 is 1.75 bits per heavy atom. The second kappa shape index (κ2) is 6.49. The minimum Gasteiger partial charge on any atom is -0.362 e. The van der Waals surface area contributed by atoms with Gasteiger partial charge in [-0.05, 0) is 39.8 Å². The van der Waals surface area contributed by atoms with Gasteiger partial charge in [0.2, 0.25) is 10.0 Å². The zero-order valence-corrected chi connectivity index (χ0v) is 15.8. The molecule has 0 spiro atoms. The van der Waals surface area contributed by atoms with Gasteiger partial charge < -0.3 is 4.90 Å². The molecule has 0 aliphatic rings. The molecule has 0 radical (unpaired) electrons. The number of rotatable bonds is 4. The Labute approximate surface area is 144 Å². The van der Waals surface area contributed by atoms with Gasteiger partial charge in [-0.1, -0.05) is 12.1 Å². The van der Waals surface area contributed by atoms with Crippen molar-refractivity contribution in [3.05, 3.63) is 36.0 Å².